The van der Waals surface area contributed by atoms with Crippen molar-refractivity contribution in [3.05, 3.63) is 23.3 Å². The normalized spacial score (nSPS) is 12.3. The molecule has 5 nitrogen and oxygen atoms in total. The lowest BCUT2D eigenvalue weighted by molar-refractivity contribution is -0.145. The summed E-state index contributed by atoms with van der Waals surface area (Å²) in [7, 11) is 1.82. The van der Waals surface area contributed by atoms with E-state index in [0.717, 1.165) is 17.7 Å². The molecule has 0 saturated heterocycles. The maximum absolute atomic E-state index is 12.1. The molecule has 0 N–H and O–H groups in total. The van der Waals surface area contributed by atoms with Crippen LogP contribution in [-0.4, -0.2) is 27.3 Å². The first-order chi connectivity index (χ1) is 9.67. The highest BCUT2D eigenvalue weighted by Gasteiger charge is 2.27. The Labute approximate surface area is 122 Å². The molecule has 6 heteroatoms. The predicted molar refractivity (Wildman–Crippen MR) is 78.6 cm³/mol. The molecule has 2 rings (SSSR count). The van der Waals surface area contributed by atoms with E-state index < -0.39 is 0 Å². The van der Waals surface area contributed by atoms with Crippen LogP contribution >= 0.6 is 11.3 Å². The lowest BCUT2D eigenvalue weighted by Gasteiger charge is -2.13. The summed E-state index contributed by atoms with van der Waals surface area (Å²) in [6.07, 6.45) is 1.61. The van der Waals surface area contributed by atoms with Crippen molar-refractivity contribution in [1.82, 2.24) is 14.8 Å². The summed E-state index contributed by atoms with van der Waals surface area (Å²) in [5.41, 5.74) is 0. The molecule has 20 heavy (non-hydrogen) atoms. The van der Waals surface area contributed by atoms with Crippen LogP contribution in [0.25, 0.3) is 10.7 Å². The minimum atomic E-state index is -0.342. The maximum atomic E-state index is 12.1. The van der Waals surface area contributed by atoms with Crippen LogP contribution in [0.1, 0.15) is 38.4 Å². The van der Waals surface area contributed by atoms with Gasteiger partial charge >= 0.3 is 5.97 Å². The summed E-state index contributed by atoms with van der Waals surface area (Å²) >= 11 is 1.59. The van der Waals surface area contributed by atoms with E-state index in [-0.39, 0.29) is 11.9 Å². The second-order valence-corrected chi connectivity index (χ2v) is 5.44. The third-order valence-electron chi connectivity index (χ3n) is 3.00. The number of ether oxygens (including phenoxy) is 1. The molecule has 0 bridgehead atoms. The third-order valence-corrected chi connectivity index (χ3v) is 3.86. The molecule has 0 aliphatic heterocycles. The Morgan fingerprint density at radius 2 is 2.30 bits per heavy atom. The topological polar surface area (TPSA) is 57.0 Å². The zero-order valence-corrected chi connectivity index (χ0v) is 12.8. The SMILES string of the molecule is CCCC(C(=O)OCC)c1nc(-c2cccs2)nn1C. The Morgan fingerprint density at radius 3 is 2.90 bits per heavy atom. The minimum absolute atomic E-state index is 0.220. The highest BCUT2D eigenvalue weighted by molar-refractivity contribution is 7.13. The molecule has 1 atom stereocenters. The lowest BCUT2D eigenvalue weighted by atomic mass is 10.0. The van der Waals surface area contributed by atoms with Crippen molar-refractivity contribution in [2.24, 2.45) is 7.05 Å². The summed E-state index contributed by atoms with van der Waals surface area (Å²) < 4.78 is 6.84. The van der Waals surface area contributed by atoms with Crippen molar-refractivity contribution < 1.29 is 9.53 Å². The monoisotopic (exact) mass is 293 g/mol. The molecule has 0 aliphatic carbocycles. The quantitative estimate of drug-likeness (QED) is 0.768. The van der Waals surface area contributed by atoms with Crippen LogP contribution in [0.4, 0.5) is 0 Å². The van der Waals surface area contributed by atoms with Crippen LogP contribution in [0.2, 0.25) is 0 Å². The standard InChI is InChI=1S/C14H19N3O2S/c1-4-7-10(14(18)19-5-2)13-15-12(16-17(13)3)11-8-6-9-20-11/h6,8-10H,4-5,7H2,1-3H3. The van der Waals surface area contributed by atoms with Gasteiger partial charge in [-0.25, -0.2) is 4.98 Å². The number of nitrogens with zero attached hydrogens (tertiary/aromatic N) is 3. The first-order valence-electron chi connectivity index (χ1n) is 6.78. The van der Waals surface area contributed by atoms with Crippen molar-refractivity contribution in [3.63, 3.8) is 0 Å². The van der Waals surface area contributed by atoms with Gasteiger partial charge in [0.05, 0.1) is 11.5 Å². The van der Waals surface area contributed by atoms with E-state index in [0.29, 0.717) is 18.3 Å². The van der Waals surface area contributed by atoms with Crippen molar-refractivity contribution in [3.8, 4) is 10.7 Å². The first-order valence-corrected chi connectivity index (χ1v) is 7.66. The molecule has 0 amide bonds. The van der Waals surface area contributed by atoms with Crippen molar-refractivity contribution in [2.45, 2.75) is 32.6 Å². The van der Waals surface area contributed by atoms with Gasteiger partial charge in [-0.05, 0) is 24.8 Å². The van der Waals surface area contributed by atoms with Crippen molar-refractivity contribution in [1.29, 1.82) is 0 Å². The molecule has 1 unspecified atom stereocenters. The van der Waals surface area contributed by atoms with Gasteiger partial charge in [-0.1, -0.05) is 19.4 Å². The molecule has 0 aliphatic rings. The molecule has 2 aromatic heterocycles. The van der Waals surface area contributed by atoms with E-state index in [9.17, 15) is 4.79 Å². The minimum Gasteiger partial charge on any atom is -0.465 e. The number of carbonyl (C=O) groups is 1. The summed E-state index contributed by atoms with van der Waals surface area (Å²) in [5.74, 6) is 0.783. The average molecular weight is 293 g/mol. The van der Waals surface area contributed by atoms with Gasteiger partial charge in [0.2, 0.25) is 0 Å². The van der Waals surface area contributed by atoms with E-state index >= 15 is 0 Å². The number of hydrogen-bond donors (Lipinski definition) is 0. The Morgan fingerprint density at radius 1 is 1.50 bits per heavy atom. The van der Waals surface area contributed by atoms with Gasteiger partial charge in [-0.15, -0.1) is 11.3 Å². The second-order valence-electron chi connectivity index (χ2n) is 4.49. The molecule has 0 aromatic carbocycles. The van der Waals surface area contributed by atoms with Gasteiger partial charge in [0.25, 0.3) is 0 Å². The van der Waals surface area contributed by atoms with Crippen LogP contribution in [0.3, 0.4) is 0 Å². The Balaban J connectivity index is 2.31. The summed E-state index contributed by atoms with van der Waals surface area (Å²) in [6, 6.07) is 3.94. The second kappa shape index (κ2) is 6.65. The fraction of sp³-hybridized carbons (Fsp3) is 0.500. The summed E-state index contributed by atoms with van der Waals surface area (Å²) in [5, 5.41) is 6.39. The lowest BCUT2D eigenvalue weighted by Crippen LogP contribution is -2.19. The van der Waals surface area contributed by atoms with Gasteiger partial charge in [0, 0.05) is 7.05 Å². The first kappa shape index (κ1) is 14.7. The highest BCUT2D eigenvalue weighted by Crippen LogP contribution is 2.26. The van der Waals surface area contributed by atoms with Crippen LogP contribution in [0.15, 0.2) is 17.5 Å². The number of aryl methyl sites for hydroxylation is 1. The van der Waals surface area contributed by atoms with E-state index in [1.165, 1.54) is 0 Å². The maximum Gasteiger partial charge on any atom is 0.316 e. The fourth-order valence-electron chi connectivity index (χ4n) is 2.09. The molecule has 0 fully saturated rings. The molecule has 0 radical (unpaired) electrons. The number of rotatable bonds is 6. The summed E-state index contributed by atoms with van der Waals surface area (Å²) in [6.45, 7) is 4.24. The average Bonchev–Trinajstić information content (AvgIpc) is 3.05. The van der Waals surface area contributed by atoms with E-state index in [4.69, 9.17) is 4.74 Å². The van der Waals surface area contributed by atoms with E-state index in [1.54, 1.807) is 16.0 Å². The zero-order valence-electron chi connectivity index (χ0n) is 12.0. The van der Waals surface area contributed by atoms with Crippen molar-refractivity contribution in [2.75, 3.05) is 6.61 Å². The third kappa shape index (κ3) is 3.07. The zero-order chi connectivity index (χ0) is 14.5. The molecule has 2 heterocycles. The van der Waals surface area contributed by atoms with Crippen LogP contribution in [0.5, 0.6) is 0 Å². The van der Waals surface area contributed by atoms with Gasteiger partial charge in [-0.2, -0.15) is 5.10 Å². The molecule has 108 valence electrons. The van der Waals surface area contributed by atoms with Gasteiger partial charge in [-0.3, -0.25) is 9.48 Å². The number of aromatic nitrogens is 3. The van der Waals surface area contributed by atoms with Crippen LogP contribution in [0, 0.1) is 0 Å². The van der Waals surface area contributed by atoms with Gasteiger partial charge in [0.15, 0.2) is 5.82 Å². The number of thiophene rings is 1. The Hall–Kier alpha value is -1.69. The predicted octanol–water partition coefficient (Wildman–Crippen LogP) is 2.99. The molecular weight excluding hydrogens is 274 g/mol. The summed E-state index contributed by atoms with van der Waals surface area (Å²) in [4.78, 5) is 17.6. The Bertz CT molecular complexity index is 563. The van der Waals surface area contributed by atoms with Crippen LogP contribution in [-0.2, 0) is 16.6 Å². The molecule has 2 aromatic rings. The van der Waals surface area contributed by atoms with E-state index in [1.807, 2.05) is 38.4 Å². The molecule has 0 spiro atoms. The largest absolute Gasteiger partial charge is 0.465 e. The number of hydrogen-bond acceptors (Lipinski definition) is 5. The van der Waals surface area contributed by atoms with Crippen LogP contribution < -0.4 is 0 Å². The van der Waals surface area contributed by atoms with Crippen molar-refractivity contribution >= 4 is 17.3 Å². The molecular formula is C14H19N3O2S. The smallest absolute Gasteiger partial charge is 0.316 e. The fourth-order valence-corrected chi connectivity index (χ4v) is 2.75. The van der Waals surface area contributed by atoms with Gasteiger partial charge < -0.3 is 4.74 Å². The number of carbonyl (C=O) groups excluding carboxylic acids is 1. The van der Waals surface area contributed by atoms with Gasteiger partial charge in [0.1, 0.15) is 11.7 Å². The number of esters is 1. The molecule has 0 saturated carbocycles. The Kier molecular flexibility index (Phi) is 4.89. The highest BCUT2D eigenvalue weighted by atomic mass is 32.1. The van der Waals surface area contributed by atoms with E-state index in [2.05, 4.69) is 10.1 Å².